The molecule has 1 aromatic carbocycles. The van der Waals surface area contributed by atoms with Crippen molar-refractivity contribution >= 4 is 39.7 Å². The number of fused-ring (bicyclic) bond motifs is 2. The summed E-state index contributed by atoms with van der Waals surface area (Å²) < 4.78 is 8.60. The number of nitrogens with two attached hydrogens (primary N) is 1. The van der Waals surface area contributed by atoms with Gasteiger partial charge in [0, 0.05) is 44.3 Å². The Morgan fingerprint density at radius 2 is 2.06 bits per heavy atom. The van der Waals surface area contributed by atoms with Crippen molar-refractivity contribution in [2.45, 2.75) is 19.5 Å². The molecule has 5 rings (SSSR count). The highest BCUT2D eigenvalue weighted by Gasteiger charge is 2.23. The zero-order chi connectivity index (χ0) is 24.5. The molecule has 0 spiro atoms. The molecule has 0 aliphatic carbocycles. The number of hydrogen-bond donors (Lipinski definition) is 2. The molecular formula is C24H26ClN7O3. The summed E-state index contributed by atoms with van der Waals surface area (Å²) in [6.45, 7) is 5.94. The zero-order valence-corrected chi connectivity index (χ0v) is 20.0. The quantitative estimate of drug-likeness (QED) is 0.420. The smallest absolute Gasteiger partial charge is 0.260 e. The maximum atomic E-state index is 13.6. The lowest BCUT2D eigenvalue weighted by molar-refractivity contribution is 0.0361. The van der Waals surface area contributed by atoms with Gasteiger partial charge in [-0.3, -0.25) is 14.5 Å². The molecule has 0 unspecified atom stereocenters. The molecule has 0 radical (unpaired) electrons. The number of benzene rings is 1. The van der Waals surface area contributed by atoms with Crippen LogP contribution >= 0.6 is 11.6 Å². The second-order valence-electron chi connectivity index (χ2n) is 8.53. The van der Waals surface area contributed by atoms with E-state index in [-0.39, 0.29) is 16.9 Å². The van der Waals surface area contributed by atoms with E-state index in [4.69, 9.17) is 22.1 Å². The van der Waals surface area contributed by atoms with E-state index in [1.54, 1.807) is 35.2 Å². The van der Waals surface area contributed by atoms with Gasteiger partial charge in [-0.05, 0) is 30.5 Å². The lowest BCUT2D eigenvalue weighted by Crippen LogP contribution is -2.40. The summed E-state index contributed by atoms with van der Waals surface area (Å²) in [5, 5.41) is 8.73. The van der Waals surface area contributed by atoms with Crippen molar-refractivity contribution in [1.29, 1.82) is 0 Å². The van der Waals surface area contributed by atoms with E-state index in [0.717, 1.165) is 18.5 Å². The summed E-state index contributed by atoms with van der Waals surface area (Å²) >= 11 is 6.40. The Labute approximate surface area is 206 Å². The van der Waals surface area contributed by atoms with E-state index >= 15 is 0 Å². The van der Waals surface area contributed by atoms with Gasteiger partial charge in [0.2, 0.25) is 0 Å². The summed E-state index contributed by atoms with van der Waals surface area (Å²) in [7, 11) is 0. The van der Waals surface area contributed by atoms with Crippen LogP contribution in [0.5, 0.6) is 0 Å². The van der Waals surface area contributed by atoms with Crippen molar-refractivity contribution in [3.8, 4) is 0 Å². The lowest BCUT2D eigenvalue weighted by atomic mass is 10.1. The monoisotopic (exact) mass is 495 g/mol. The molecule has 0 bridgehead atoms. The van der Waals surface area contributed by atoms with Crippen LogP contribution < -0.4 is 16.6 Å². The molecular weight excluding hydrogens is 470 g/mol. The summed E-state index contributed by atoms with van der Waals surface area (Å²) in [6, 6.07) is 8.48. The topological polar surface area (TPSA) is 120 Å². The number of morpholine rings is 1. The van der Waals surface area contributed by atoms with Crippen LogP contribution in [-0.4, -0.2) is 62.8 Å². The number of amides is 1. The lowest BCUT2D eigenvalue weighted by Gasteiger charge is -2.28. The van der Waals surface area contributed by atoms with Crippen molar-refractivity contribution in [3.63, 3.8) is 0 Å². The second-order valence-corrected chi connectivity index (χ2v) is 8.93. The Hall–Kier alpha value is -3.47. The number of aromatic nitrogens is 4. The number of nitrogens with zero attached hydrogens (tertiary/aromatic N) is 5. The second kappa shape index (κ2) is 9.65. The van der Waals surface area contributed by atoms with Gasteiger partial charge in [-0.15, -0.1) is 5.10 Å². The molecule has 11 heteroatoms. The molecule has 4 heterocycles. The van der Waals surface area contributed by atoms with Crippen molar-refractivity contribution < 1.29 is 9.53 Å². The highest BCUT2D eigenvalue weighted by atomic mass is 35.5. The largest absolute Gasteiger partial charge is 0.381 e. The van der Waals surface area contributed by atoms with Crippen LogP contribution in [0.25, 0.3) is 16.4 Å². The van der Waals surface area contributed by atoms with Crippen LogP contribution in [-0.2, 0) is 11.3 Å². The van der Waals surface area contributed by atoms with Crippen LogP contribution in [0.3, 0.4) is 0 Å². The van der Waals surface area contributed by atoms with E-state index < -0.39 is 11.9 Å². The fourth-order valence-electron chi connectivity index (χ4n) is 4.50. The predicted octanol–water partition coefficient (Wildman–Crippen LogP) is 2.10. The predicted molar refractivity (Wildman–Crippen MR) is 134 cm³/mol. The summed E-state index contributed by atoms with van der Waals surface area (Å²) in [5.74, 6) is -0.328. The first-order valence-corrected chi connectivity index (χ1v) is 11.8. The van der Waals surface area contributed by atoms with Crippen LogP contribution in [0.4, 0.5) is 5.82 Å². The molecule has 0 saturated carbocycles. The molecule has 4 aromatic rings. The number of pyridine rings is 1. The zero-order valence-electron chi connectivity index (χ0n) is 19.3. The minimum absolute atomic E-state index is 0.0865. The van der Waals surface area contributed by atoms with E-state index in [9.17, 15) is 9.59 Å². The third-order valence-corrected chi connectivity index (χ3v) is 6.62. The van der Waals surface area contributed by atoms with Gasteiger partial charge in [-0.1, -0.05) is 23.7 Å². The SMILES string of the molecule is C[C@H](NC(=O)c1c(N)nn2cccnc12)c1cc2cccc(Cl)c2c(=O)n1CCN1CCOCC1. The number of carbonyl (C=O) groups is 1. The number of halogens is 1. The normalized spacial score (nSPS) is 15.5. The molecule has 1 amide bonds. The van der Waals surface area contributed by atoms with Crippen molar-refractivity contribution in [2.75, 3.05) is 38.6 Å². The van der Waals surface area contributed by atoms with Crippen LogP contribution in [0, 0.1) is 0 Å². The Morgan fingerprint density at radius 3 is 2.86 bits per heavy atom. The molecule has 1 aliphatic rings. The average molecular weight is 496 g/mol. The minimum Gasteiger partial charge on any atom is -0.381 e. The van der Waals surface area contributed by atoms with Crippen molar-refractivity contribution in [2.24, 2.45) is 0 Å². The van der Waals surface area contributed by atoms with Gasteiger partial charge in [0.1, 0.15) is 5.56 Å². The molecule has 182 valence electrons. The molecule has 10 nitrogen and oxygen atoms in total. The highest BCUT2D eigenvalue weighted by Crippen LogP contribution is 2.24. The molecule has 1 aliphatic heterocycles. The van der Waals surface area contributed by atoms with E-state index in [1.165, 1.54) is 4.52 Å². The Kier molecular flexibility index (Phi) is 6.42. The first-order valence-electron chi connectivity index (χ1n) is 11.5. The van der Waals surface area contributed by atoms with Gasteiger partial charge in [0.05, 0.1) is 29.7 Å². The Balaban J connectivity index is 1.50. The summed E-state index contributed by atoms with van der Waals surface area (Å²) in [5.41, 5.74) is 7.08. The van der Waals surface area contributed by atoms with E-state index in [1.807, 2.05) is 19.1 Å². The third kappa shape index (κ3) is 4.47. The van der Waals surface area contributed by atoms with Gasteiger partial charge in [0.15, 0.2) is 11.5 Å². The number of rotatable bonds is 6. The fourth-order valence-corrected chi connectivity index (χ4v) is 4.76. The Bertz CT molecular complexity index is 1460. The van der Waals surface area contributed by atoms with Crippen LogP contribution in [0.1, 0.15) is 29.0 Å². The maximum Gasteiger partial charge on any atom is 0.260 e. The first-order chi connectivity index (χ1) is 16.9. The highest BCUT2D eigenvalue weighted by molar-refractivity contribution is 6.35. The molecule has 3 aromatic heterocycles. The maximum absolute atomic E-state index is 13.6. The molecule has 1 atom stereocenters. The van der Waals surface area contributed by atoms with E-state index in [0.29, 0.717) is 48.1 Å². The summed E-state index contributed by atoms with van der Waals surface area (Å²) in [4.78, 5) is 33.3. The van der Waals surface area contributed by atoms with Gasteiger partial charge < -0.3 is 20.4 Å². The van der Waals surface area contributed by atoms with E-state index in [2.05, 4.69) is 20.3 Å². The van der Waals surface area contributed by atoms with Crippen molar-refractivity contribution in [1.82, 2.24) is 29.4 Å². The standard InChI is InChI=1S/C24H26ClN7O3/c1-15(28-23(33)20-21(26)29-32-7-3-6-27-22(20)32)18-14-16-4-2-5-17(25)19(16)24(34)31(18)9-8-30-10-12-35-13-11-30/h2-7,14-15H,8-13H2,1H3,(H2,26,29)(H,28,33)/t15-/m0/s1. The first kappa shape index (κ1) is 23.3. The number of anilines is 1. The molecule has 35 heavy (non-hydrogen) atoms. The molecule has 1 fully saturated rings. The summed E-state index contributed by atoms with van der Waals surface area (Å²) in [6.07, 6.45) is 3.25. The number of nitrogens with one attached hydrogen (secondary N) is 1. The van der Waals surface area contributed by atoms with Crippen molar-refractivity contribution in [3.05, 3.63) is 69.4 Å². The number of hydrogen-bond acceptors (Lipinski definition) is 7. The van der Waals surface area contributed by atoms with Crippen LogP contribution in [0.2, 0.25) is 5.02 Å². The fraction of sp³-hybridized carbons (Fsp3) is 0.333. The third-order valence-electron chi connectivity index (χ3n) is 6.30. The van der Waals surface area contributed by atoms with Gasteiger partial charge in [0.25, 0.3) is 11.5 Å². The van der Waals surface area contributed by atoms with Gasteiger partial charge in [-0.2, -0.15) is 0 Å². The molecule has 1 saturated heterocycles. The minimum atomic E-state index is -0.499. The number of ether oxygens (including phenoxy) is 1. The van der Waals surface area contributed by atoms with Crippen LogP contribution in [0.15, 0.2) is 47.5 Å². The van der Waals surface area contributed by atoms with Gasteiger partial charge in [-0.25, -0.2) is 9.50 Å². The average Bonchev–Trinajstić information content (AvgIpc) is 3.19. The number of carbonyl (C=O) groups excluding carboxylic acids is 1. The number of nitrogen functional groups attached to an aromatic ring is 1. The molecule has 3 N–H and O–H groups in total. The van der Waals surface area contributed by atoms with Gasteiger partial charge >= 0.3 is 0 Å². The Morgan fingerprint density at radius 1 is 1.26 bits per heavy atom.